The topological polar surface area (TPSA) is 196 Å². The molecule has 1 aromatic carbocycles. The number of aliphatic hydroxyl groups is 3. The highest BCUT2D eigenvalue weighted by atomic mass is 16.6. The van der Waals surface area contributed by atoms with Crippen LogP contribution in [-0.2, 0) is 38.0 Å². The molecule has 0 radical (unpaired) electrons. The van der Waals surface area contributed by atoms with Crippen LogP contribution in [0.1, 0.15) is 105 Å². The molecule has 59 heavy (non-hydrogen) atoms. The van der Waals surface area contributed by atoms with Crippen molar-refractivity contribution in [2.24, 2.45) is 28.6 Å². The lowest BCUT2D eigenvalue weighted by Gasteiger charge is -2.68. The number of carbonyl (C=O) groups is 4. The molecule has 2 heterocycles. The zero-order valence-electron chi connectivity index (χ0n) is 36.0. The van der Waals surface area contributed by atoms with Crippen molar-refractivity contribution in [3.05, 3.63) is 59.7 Å². The van der Waals surface area contributed by atoms with Gasteiger partial charge in [0.15, 0.2) is 11.7 Å². The molecule has 0 bridgehead atoms. The van der Waals surface area contributed by atoms with E-state index in [2.05, 4.69) is 11.9 Å². The Hall–Kier alpha value is -3.82. The Morgan fingerprint density at radius 2 is 1.73 bits per heavy atom. The average Bonchev–Trinajstić information content (AvgIpc) is 3.39. The first-order valence-corrected chi connectivity index (χ1v) is 20.8. The smallest absolute Gasteiger partial charge is 0.407 e. The molecule has 2 unspecified atom stereocenters. The zero-order chi connectivity index (χ0) is 43.6. The van der Waals surface area contributed by atoms with Crippen LogP contribution >= 0.6 is 0 Å². The van der Waals surface area contributed by atoms with E-state index in [9.17, 15) is 34.5 Å². The second-order valence-electron chi connectivity index (χ2n) is 19.4. The minimum absolute atomic E-state index is 0.0379. The Labute approximate surface area is 347 Å². The maximum Gasteiger partial charge on any atom is 0.407 e. The van der Waals surface area contributed by atoms with Crippen LogP contribution in [0.4, 0.5) is 4.79 Å². The van der Waals surface area contributed by atoms with Crippen molar-refractivity contribution in [1.82, 2.24) is 5.32 Å². The van der Waals surface area contributed by atoms with E-state index in [4.69, 9.17) is 28.4 Å². The number of rotatable bonds is 11. The summed E-state index contributed by atoms with van der Waals surface area (Å²) in [5.41, 5.74) is -5.94. The van der Waals surface area contributed by atoms with Gasteiger partial charge in [0.1, 0.15) is 30.0 Å². The first-order valence-electron chi connectivity index (χ1n) is 20.8. The number of fused-ring (bicyclic) bond motifs is 3. The highest BCUT2D eigenvalue weighted by Gasteiger charge is 2.80. The van der Waals surface area contributed by atoms with Gasteiger partial charge in [-0.15, -0.1) is 6.58 Å². The fourth-order valence-electron chi connectivity index (χ4n) is 11.1. The minimum atomic E-state index is -1.83. The van der Waals surface area contributed by atoms with E-state index in [1.165, 1.54) is 6.92 Å². The molecule has 2 saturated heterocycles. The van der Waals surface area contributed by atoms with Crippen LogP contribution in [0.5, 0.6) is 0 Å². The molecule has 326 valence electrons. The predicted molar refractivity (Wildman–Crippen MR) is 214 cm³/mol. The van der Waals surface area contributed by atoms with Gasteiger partial charge in [0.05, 0.1) is 47.4 Å². The van der Waals surface area contributed by atoms with Crippen molar-refractivity contribution < 1.29 is 62.9 Å². The van der Waals surface area contributed by atoms with Crippen LogP contribution in [0.3, 0.4) is 0 Å². The maximum absolute atomic E-state index is 14.5. The van der Waals surface area contributed by atoms with Crippen LogP contribution in [0.15, 0.2) is 54.1 Å². The van der Waals surface area contributed by atoms with Gasteiger partial charge in [-0.25, -0.2) is 14.4 Å². The largest absolute Gasteiger partial charge is 0.457 e. The highest BCUT2D eigenvalue weighted by Crippen LogP contribution is 2.71. The Kier molecular flexibility index (Phi) is 12.1. The summed E-state index contributed by atoms with van der Waals surface area (Å²) in [5.74, 6) is -3.55. The summed E-state index contributed by atoms with van der Waals surface area (Å²) < 4.78 is 37.6. The van der Waals surface area contributed by atoms with Crippen LogP contribution < -0.4 is 5.32 Å². The van der Waals surface area contributed by atoms with Crippen LogP contribution in [0.2, 0.25) is 0 Å². The quantitative estimate of drug-likeness (QED) is 0.133. The van der Waals surface area contributed by atoms with Crippen molar-refractivity contribution >= 4 is 24.0 Å². The van der Waals surface area contributed by atoms with E-state index >= 15 is 0 Å². The lowest BCUT2D eigenvalue weighted by molar-refractivity contribution is -0.357. The van der Waals surface area contributed by atoms with Gasteiger partial charge in [0.25, 0.3) is 0 Å². The summed E-state index contributed by atoms with van der Waals surface area (Å²) in [6, 6.07) is 7.29. The van der Waals surface area contributed by atoms with Crippen molar-refractivity contribution in [3.8, 4) is 0 Å². The second kappa shape index (κ2) is 15.9. The molecule has 1 amide bonds. The first-order chi connectivity index (χ1) is 27.4. The number of benzene rings is 1. The number of carbonyl (C=O) groups excluding carboxylic acids is 4. The van der Waals surface area contributed by atoms with E-state index in [0.717, 1.165) is 0 Å². The molecule has 2 aliphatic heterocycles. The third-order valence-corrected chi connectivity index (χ3v) is 13.6. The zero-order valence-corrected chi connectivity index (χ0v) is 36.0. The van der Waals surface area contributed by atoms with Gasteiger partial charge in [0.2, 0.25) is 0 Å². The first kappa shape index (κ1) is 44.7. The van der Waals surface area contributed by atoms with Gasteiger partial charge < -0.3 is 49.1 Å². The SMILES string of the molecule is C=CC1C[C@H]2C[C@H]3OC[C@@]3(OC(C)=O)[C@H]3[C@H](OC(=O)c4ccccc4)[C@]4(C(C)(C)O)C[C@H](OC(=O)C(O)[C@H](CC(C)C)NC(=O)OC(C)(C)C)C(C)=C4[C@H](O)[C@H](O1)[C@]23C. The van der Waals surface area contributed by atoms with E-state index < -0.39 is 106 Å². The molecule has 3 aliphatic carbocycles. The Morgan fingerprint density at radius 3 is 2.27 bits per heavy atom. The number of hydrogen-bond donors (Lipinski definition) is 4. The molecule has 14 heteroatoms. The van der Waals surface area contributed by atoms with Gasteiger partial charge >= 0.3 is 24.0 Å². The molecule has 0 aromatic heterocycles. The number of alkyl carbamates (subject to hydrolysis) is 1. The van der Waals surface area contributed by atoms with E-state index in [-0.39, 0.29) is 42.4 Å². The Bertz CT molecular complexity index is 1830. The normalized spacial score (nSPS) is 36.0. The van der Waals surface area contributed by atoms with Crippen LogP contribution in [-0.4, -0.2) is 112 Å². The molecular formula is C45H63NO13. The van der Waals surface area contributed by atoms with Crippen LogP contribution in [0.25, 0.3) is 0 Å². The summed E-state index contributed by atoms with van der Waals surface area (Å²) >= 11 is 0. The fraction of sp³-hybridized carbons (Fsp3) is 0.689. The van der Waals surface area contributed by atoms with Crippen LogP contribution in [0, 0.1) is 28.6 Å². The van der Waals surface area contributed by atoms with E-state index in [0.29, 0.717) is 18.4 Å². The van der Waals surface area contributed by atoms with Gasteiger partial charge in [-0.3, -0.25) is 4.79 Å². The van der Waals surface area contributed by atoms with Gasteiger partial charge in [0, 0.05) is 18.8 Å². The lowest BCUT2D eigenvalue weighted by Crippen LogP contribution is -2.78. The number of aliphatic hydroxyl groups excluding tert-OH is 2. The van der Waals surface area contributed by atoms with Crippen molar-refractivity contribution in [1.29, 1.82) is 0 Å². The predicted octanol–water partition coefficient (Wildman–Crippen LogP) is 4.96. The molecule has 4 N–H and O–H groups in total. The molecular weight excluding hydrogens is 762 g/mol. The monoisotopic (exact) mass is 825 g/mol. The summed E-state index contributed by atoms with van der Waals surface area (Å²) in [6.45, 7) is 20.9. The van der Waals surface area contributed by atoms with Gasteiger partial charge in [-0.1, -0.05) is 45.0 Å². The highest BCUT2D eigenvalue weighted by molar-refractivity contribution is 5.89. The van der Waals surface area contributed by atoms with E-state index in [1.54, 1.807) is 78.0 Å². The number of nitrogens with one attached hydrogen (secondary N) is 1. The van der Waals surface area contributed by atoms with Crippen molar-refractivity contribution in [2.75, 3.05) is 6.61 Å². The number of esters is 3. The average molecular weight is 826 g/mol. The summed E-state index contributed by atoms with van der Waals surface area (Å²) in [7, 11) is 0. The summed E-state index contributed by atoms with van der Waals surface area (Å²) in [6.07, 6.45) is -6.09. The number of amides is 1. The molecule has 2 saturated carbocycles. The molecule has 5 aliphatic rings. The van der Waals surface area contributed by atoms with Crippen molar-refractivity contribution in [3.63, 3.8) is 0 Å². The summed E-state index contributed by atoms with van der Waals surface area (Å²) in [5, 5.41) is 39.9. The van der Waals surface area contributed by atoms with Gasteiger partial charge in [-0.05, 0) is 95.9 Å². The molecule has 1 aromatic rings. The second-order valence-corrected chi connectivity index (χ2v) is 19.4. The standard InChI is InChI=1S/C45H63NO13/c1-12-28-19-27-20-31-45(22-54-31,58-25(5)47)35-37(57-38(50)26-16-14-13-15-17-26)44(42(9,10)53)21-30(24(4)32(44)34(49)36(55-28)43(27,35)11)56-39(51)33(48)29(18-23(2)3)46-40(52)59-41(6,7)8/h12-17,23,27-31,33-37,48-49,53H,1,18-22H2,2-11H3,(H,46,52)/t27-,28?,29-,30-,31+,33?,34-,35-,36-,37-,43+,44-,45-/m0/s1. The molecule has 13 atom stereocenters. The molecule has 14 nitrogen and oxygen atoms in total. The maximum atomic E-state index is 14.5. The Morgan fingerprint density at radius 1 is 1.07 bits per heavy atom. The van der Waals surface area contributed by atoms with E-state index in [1.807, 2.05) is 20.8 Å². The van der Waals surface area contributed by atoms with Crippen molar-refractivity contribution in [2.45, 2.75) is 160 Å². The minimum Gasteiger partial charge on any atom is -0.457 e. The lowest BCUT2D eigenvalue weighted by atomic mass is 9.46. The summed E-state index contributed by atoms with van der Waals surface area (Å²) in [4.78, 5) is 54.5. The number of hydrogen-bond acceptors (Lipinski definition) is 13. The third kappa shape index (κ3) is 7.73. The third-order valence-electron chi connectivity index (χ3n) is 13.6. The molecule has 0 spiro atoms. The Balaban J connectivity index is 1.52. The fourth-order valence-corrected chi connectivity index (χ4v) is 11.1. The molecule has 6 rings (SSSR count). The number of ether oxygens (including phenoxy) is 6. The molecule has 4 fully saturated rings. The van der Waals surface area contributed by atoms with Gasteiger partial charge in [-0.2, -0.15) is 0 Å².